The molecule has 0 saturated carbocycles. The minimum Gasteiger partial charge on any atom is -0.370 e. The summed E-state index contributed by atoms with van der Waals surface area (Å²) in [6.45, 7) is 4.93. The van der Waals surface area contributed by atoms with E-state index < -0.39 is 0 Å². The average molecular weight is 198 g/mol. The molecule has 2 fully saturated rings. The zero-order valence-electron chi connectivity index (χ0n) is 8.66. The molecule has 14 heavy (non-hydrogen) atoms. The zero-order valence-corrected chi connectivity index (χ0v) is 8.66. The van der Waals surface area contributed by atoms with Crippen molar-refractivity contribution in [3.05, 3.63) is 0 Å². The van der Waals surface area contributed by atoms with Gasteiger partial charge >= 0.3 is 0 Å². The smallest absolute Gasteiger partial charge is 0.248 e. The van der Waals surface area contributed by atoms with Crippen LogP contribution in [0.3, 0.4) is 0 Å². The molecule has 2 unspecified atom stereocenters. The topological polar surface area (TPSA) is 41.6 Å². The number of carbonyl (C=O) groups excluding carboxylic acids is 1. The monoisotopic (exact) mass is 198 g/mol. The maximum Gasteiger partial charge on any atom is 0.248 e. The molecule has 0 aromatic heterocycles. The molecule has 1 amide bonds. The summed E-state index contributed by atoms with van der Waals surface area (Å²) in [7, 11) is 0. The molecule has 0 aromatic carbocycles. The van der Waals surface area contributed by atoms with Crippen molar-refractivity contribution in [2.45, 2.75) is 31.8 Å². The van der Waals surface area contributed by atoms with Crippen molar-refractivity contribution < 1.29 is 9.53 Å². The van der Waals surface area contributed by atoms with Gasteiger partial charge in [0.25, 0.3) is 0 Å². The van der Waals surface area contributed by atoms with Gasteiger partial charge in [0.05, 0.1) is 12.6 Å². The Bertz CT molecular complexity index is 214. The highest BCUT2D eigenvalue weighted by atomic mass is 16.5. The quantitative estimate of drug-likeness (QED) is 0.678. The molecule has 2 saturated heterocycles. The third kappa shape index (κ3) is 2.07. The second-order valence-electron chi connectivity index (χ2n) is 4.20. The van der Waals surface area contributed by atoms with Gasteiger partial charge in [0.15, 0.2) is 0 Å². The molecule has 2 atom stereocenters. The fraction of sp³-hybridized carbons (Fsp3) is 0.900. The predicted octanol–water partition coefficient (Wildman–Crippen LogP) is -0.0143. The summed E-state index contributed by atoms with van der Waals surface area (Å²) in [6, 6.07) is 0.734. The van der Waals surface area contributed by atoms with Crippen LogP contribution in [0.4, 0.5) is 0 Å². The van der Waals surface area contributed by atoms with Crippen LogP contribution in [0.5, 0.6) is 0 Å². The molecule has 0 bridgehead atoms. The Labute approximate surface area is 84.6 Å². The van der Waals surface area contributed by atoms with Gasteiger partial charge in [0.2, 0.25) is 5.91 Å². The molecule has 2 aliphatic rings. The molecule has 4 nitrogen and oxygen atoms in total. The van der Waals surface area contributed by atoms with Crippen molar-refractivity contribution in [3.8, 4) is 0 Å². The lowest BCUT2D eigenvalue weighted by atomic mass is 10.1. The summed E-state index contributed by atoms with van der Waals surface area (Å²) in [6.07, 6.45) is 2.43. The van der Waals surface area contributed by atoms with Gasteiger partial charge in [-0.3, -0.25) is 4.79 Å². The van der Waals surface area contributed by atoms with Crippen molar-refractivity contribution in [1.29, 1.82) is 0 Å². The zero-order chi connectivity index (χ0) is 9.97. The first-order valence-corrected chi connectivity index (χ1v) is 5.38. The fourth-order valence-electron chi connectivity index (χ4n) is 2.17. The largest absolute Gasteiger partial charge is 0.370 e. The highest BCUT2D eigenvalue weighted by molar-refractivity contribution is 5.78. The number of nitrogens with one attached hydrogen (secondary N) is 1. The number of rotatable bonds is 2. The normalized spacial score (nSPS) is 33.8. The van der Waals surface area contributed by atoms with Crippen molar-refractivity contribution in [1.82, 2.24) is 10.2 Å². The number of morpholine rings is 1. The number of amides is 1. The van der Waals surface area contributed by atoms with Crippen molar-refractivity contribution >= 4 is 5.91 Å². The molecular formula is C10H18N2O2. The molecular weight excluding hydrogens is 180 g/mol. The summed E-state index contributed by atoms with van der Waals surface area (Å²) in [5, 5.41) is 3.41. The predicted molar refractivity (Wildman–Crippen MR) is 53.0 cm³/mol. The maximum atomic E-state index is 11.6. The summed E-state index contributed by atoms with van der Waals surface area (Å²) >= 11 is 0. The number of nitrogens with zero attached hydrogens (tertiary/aromatic N) is 1. The molecule has 0 radical (unpaired) electrons. The van der Waals surface area contributed by atoms with Crippen LogP contribution in [0.25, 0.3) is 0 Å². The number of hydrogen-bond acceptors (Lipinski definition) is 3. The van der Waals surface area contributed by atoms with E-state index in [-0.39, 0.29) is 18.6 Å². The Morgan fingerprint density at radius 3 is 3.14 bits per heavy atom. The number of ether oxygens (including phenoxy) is 1. The van der Waals surface area contributed by atoms with E-state index in [4.69, 9.17) is 4.74 Å². The molecule has 2 rings (SSSR count). The molecule has 0 aliphatic carbocycles. The number of hydrogen-bond donors (Lipinski definition) is 1. The lowest BCUT2D eigenvalue weighted by Crippen LogP contribution is -2.52. The van der Waals surface area contributed by atoms with Crippen molar-refractivity contribution in [3.63, 3.8) is 0 Å². The van der Waals surface area contributed by atoms with E-state index >= 15 is 0 Å². The Hall–Kier alpha value is -0.610. The first-order valence-electron chi connectivity index (χ1n) is 5.38. The highest BCUT2D eigenvalue weighted by Crippen LogP contribution is 2.12. The molecule has 0 spiro atoms. The van der Waals surface area contributed by atoms with Gasteiger partial charge in [-0.05, 0) is 26.3 Å². The van der Waals surface area contributed by atoms with Crippen LogP contribution in [0.2, 0.25) is 0 Å². The number of carbonyl (C=O) groups is 1. The molecule has 1 N–H and O–H groups in total. The average Bonchev–Trinajstić information content (AvgIpc) is 2.64. The third-order valence-corrected chi connectivity index (χ3v) is 3.02. The minimum absolute atomic E-state index is 0.137. The van der Waals surface area contributed by atoms with Crippen LogP contribution < -0.4 is 5.32 Å². The Morgan fingerprint density at radius 2 is 2.50 bits per heavy atom. The van der Waals surface area contributed by atoms with Gasteiger partial charge in [-0.1, -0.05) is 0 Å². The Balaban J connectivity index is 1.89. The van der Waals surface area contributed by atoms with E-state index in [1.807, 2.05) is 11.8 Å². The van der Waals surface area contributed by atoms with E-state index in [1.165, 1.54) is 12.8 Å². The van der Waals surface area contributed by atoms with Crippen molar-refractivity contribution in [2.75, 3.05) is 26.3 Å². The highest BCUT2D eigenvalue weighted by Gasteiger charge is 2.28. The van der Waals surface area contributed by atoms with E-state index in [0.29, 0.717) is 12.6 Å². The van der Waals surface area contributed by atoms with Crippen LogP contribution in [0, 0.1) is 0 Å². The van der Waals surface area contributed by atoms with E-state index in [9.17, 15) is 4.79 Å². The second-order valence-corrected chi connectivity index (χ2v) is 4.20. The van der Waals surface area contributed by atoms with Gasteiger partial charge in [-0.25, -0.2) is 0 Å². The van der Waals surface area contributed by atoms with Gasteiger partial charge in [-0.15, -0.1) is 0 Å². The summed E-state index contributed by atoms with van der Waals surface area (Å²) in [5.41, 5.74) is 0. The van der Waals surface area contributed by atoms with Crippen LogP contribution in [-0.4, -0.2) is 49.2 Å². The summed E-state index contributed by atoms with van der Waals surface area (Å²) in [4.78, 5) is 13.5. The van der Waals surface area contributed by atoms with Crippen LogP contribution in [-0.2, 0) is 9.53 Å². The lowest BCUT2D eigenvalue weighted by Gasteiger charge is -2.35. The lowest BCUT2D eigenvalue weighted by molar-refractivity contribution is -0.147. The first kappa shape index (κ1) is 9.93. The molecule has 80 valence electrons. The Kier molecular flexibility index (Phi) is 3.03. The van der Waals surface area contributed by atoms with Crippen molar-refractivity contribution in [2.24, 2.45) is 0 Å². The SMILES string of the molecule is CC1COCC(=O)N1CC1CCCN1. The van der Waals surface area contributed by atoms with Crippen LogP contribution >= 0.6 is 0 Å². The second kappa shape index (κ2) is 4.28. The standard InChI is InChI=1S/C10H18N2O2/c1-8-6-14-7-10(13)12(8)5-9-3-2-4-11-9/h8-9,11H,2-7H2,1H3. The van der Waals surface area contributed by atoms with Gasteiger partial charge in [-0.2, -0.15) is 0 Å². The Morgan fingerprint density at radius 1 is 1.64 bits per heavy atom. The van der Waals surface area contributed by atoms with Crippen LogP contribution in [0.15, 0.2) is 0 Å². The molecule has 2 heterocycles. The summed E-state index contributed by atoms with van der Waals surface area (Å²) < 4.78 is 5.18. The summed E-state index contributed by atoms with van der Waals surface area (Å²) in [5.74, 6) is 0.137. The van der Waals surface area contributed by atoms with E-state index in [1.54, 1.807) is 0 Å². The first-order chi connectivity index (χ1) is 6.77. The van der Waals surface area contributed by atoms with Gasteiger partial charge < -0.3 is 15.0 Å². The fourth-order valence-corrected chi connectivity index (χ4v) is 2.17. The van der Waals surface area contributed by atoms with Crippen LogP contribution in [0.1, 0.15) is 19.8 Å². The van der Waals surface area contributed by atoms with Gasteiger partial charge in [0.1, 0.15) is 6.61 Å². The molecule has 4 heteroatoms. The van der Waals surface area contributed by atoms with E-state index in [2.05, 4.69) is 5.32 Å². The van der Waals surface area contributed by atoms with E-state index in [0.717, 1.165) is 13.1 Å². The molecule has 0 aromatic rings. The van der Waals surface area contributed by atoms with Gasteiger partial charge in [0, 0.05) is 12.6 Å². The molecule has 2 aliphatic heterocycles. The third-order valence-electron chi connectivity index (χ3n) is 3.02. The maximum absolute atomic E-state index is 11.6. The minimum atomic E-state index is 0.137.